The van der Waals surface area contributed by atoms with Crippen molar-refractivity contribution in [3.63, 3.8) is 0 Å². The molecule has 2 N–H and O–H groups in total. The minimum absolute atomic E-state index is 0.658. The first kappa shape index (κ1) is 9.52. The number of carbonyl (C=O) groups is 1. The van der Waals surface area contributed by atoms with E-state index in [1.54, 1.807) is 12.3 Å². The molecule has 1 aromatic heterocycles. The number of benzene rings is 1. The van der Waals surface area contributed by atoms with Crippen molar-refractivity contribution in [1.29, 1.82) is 0 Å². The Morgan fingerprint density at radius 3 is 2.73 bits per heavy atom. The molecule has 0 aliphatic carbocycles. The van der Waals surface area contributed by atoms with Crippen LogP contribution in [0.15, 0.2) is 42.6 Å². The van der Waals surface area contributed by atoms with E-state index in [2.05, 4.69) is 22.4 Å². The molecule has 0 spiro atoms. The molecule has 2 rings (SSSR count). The summed E-state index contributed by atoms with van der Waals surface area (Å²) in [5.41, 5.74) is 1.87. The van der Waals surface area contributed by atoms with Crippen LogP contribution in [0.2, 0.25) is 0 Å². The van der Waals surface area contributed by atoms with Gasteiger partial charge in [0.15, 0.2) is 6.29 Å². The Labute approximate surface area is 88.1 Å². The van der Waals surface area contributed by atoms with E-state index >= 15 is 0 Å². The summed E-state index contributed by atoms with van der Waals surface area (Å²) in [5, 5.41) is 3.20. The molecule has 0 saturated carbocycles. The highest BCUT2D eigenvalue weighted by molar-refractivity contribution is 5.76. The molecule has 1 aromatic carbocycles. The van der Waals surface area contributed by atoms with Gasteiger partial charge >= 0.3 is 0 Å². The lowest BCUT2D eigenvalue weighted by Gasteiger charge is -2.02. The molecule has 0 amide bonds. The molecule has 0 atom stereocenters. The van der Waals surface area contributed by atoms with Crippen LogP contribution in [0.3, 0.4) is 0 Å². The van der Waals surface area contributed by atoms with Gasteiger partial charge in [0.05, 0.1) is 0 Å². The molecule has 3 heteroatoms. The average Bonchev–Trinajstić information content (AvgIpc) is 2.76. The summed E-state index contributed by atoms with van der Waals surface area (Å²) < 4.78 is 0. The van der Waals surface area contributed by atoms with Crippen molar-refractivity contribution in [2.45, 2.75) is 6.54 Å². The first-order valence-electron chi connectivity index (χ1n) is 4.80. The van der Waals surface area contributed by atoms with Gasteiger partial charge in [-0.25, -0.2) is 0 Å². The van der Waals surface area contributed by atoms with Crippen molar-refractivity contribution in [3.8, 4) is 0 Å². The molecular formula is C12H12N2O. The van der Waals surface area contributed by atoms with E-state index in [9.17, 15) is 4.79 Å². The summed E-state index contributed by atoms with van der Waals surface area (Å²) in [5.74, 6) is 0.862. The van der Waals surface area contributed by atoms with Crippen LogP contribution in [0.5, 0.6) is 0 Å². The van der Waals surface area contributed by atoms with Crippen LogP contribution < -0.4 is 5.32 Å². The lowest BCUT2D eigenvalue weighted by Crippen LogP contribution is -1.98. The van der Waals surface area contributed by atoms with E-state index in [1.807, 2.05) is 18.2 Å². The molecule has 0 radical (unpaired) electrons. The Bertz CT molecular complexity index is 434. The molecule has 2 aromatic rings. The quantitative estimate of drug-likeness (QED) is 0.744. The third-order valence-corrected chi connectivity index (χ3v) is 2.17. The van der Waals surface area contributed by atoms with Gasteiger partial charge in [-0.2, -0.15) is 0 Å². The first-order valence-corrected chi connectivity index (χ1v) is 4.80. The molecule has 0 fully saturated rings. The van der Waals surface area contributed by atoms with Crippen molar-refractivity contribution < 1.29 is 4.79 Å². The normalized spacial score (nSPS) is 9.87. The van der Waals surface area contributed by atoms with E-state index in [4.69, 9.17) is 0 Å². The summed E-state index contributed by atoms with van der Waals surface area (Å²) in [7, 11) is 0. The Morgan fingerprint density at radius 1 is 1.27 bits per heavy atom. The number of aldehydes is 1. The summed E-state index contributed by atoms with van der Waals surface area (Å²) in [6.45, 7) is 0.750. The smallest absolute Gasteiger partial charge is 0.151 e. The van der Waals surface area contributed by atoms with Crippen molar-refractivity contribution in [1.82, 2.24) is 4.98 Å². The summed E-state index contributed by atoms with van der Waals surface area (Å²) in [6, 6.07) is 11.9. The number of H-pyrrole nitrogens is 1. The van der Waals surface area contributed by atoms with E-state index in [0.29, 0.717) is 5.56 Å². The third kappa shape index (κ3) is 2.47. The van der Waals surface area contributed by atoms with Crippen LogP contribution in [0.25, 0.3) is 0 Å². The fraction of sp³-hybridized carbons (Fsp3) is 0.0833. The molecule has 0 aliphatic heterocycles. The average molecular weight is 200 g/mol. The minimum Gasteiger partial charge on any atom is -0.368 e. The third-order valence-electron chi connectivity index (χ3n) is 2.17. The highest BCUT2D eigenvalue weighted by Gasteiger charge is 1.96. The van der Waals surface area contributed by atoms with Gasteiger partial charge < -0.3 is 10.3 Å². The van der Waals surface area contributed by atoms with Crippen LogP contribution in [0, 0.1) is 0 Å². The number of hydrogen-bond acceptors (Lipinski definition) is 2. The van der Waals surface area contributed by atoms with Crippen LogP contribution in [-0.4, -0.2) is 11.3 Å². The second kappa shape index (κ2) is 4.46. The summed E-state index contributed by atoms with van der Waals surface area (Å²) >= 11 is 0. The van der Waals surface area contributed by atoms with Gasteiger partial charge in [0.2, 0.25) is 0 Å². The number of carbonyl (C=O) groups excluding carboxylic acids is 1. The molecule has 0 unspecified atom stereocenters. The van der Waals surface area contributed by atoms with Crippen molar-refractivity contribution in [2.75, 3.05) is 5.32 Å². The summed E-state index contributed by atoms with van der Waals surface area (Å²) in [6.07, 6.45) is 2.50. The fourth-order valence-corrected chi connectivity index (χ4v) is 1.37. The molecular weight excluding hydrogens is 188 g/mol. The number of nitrogens with one attached hydrogen (secondary N) is 2. The van der Waals surface area contributed by atoms with Gasteiger partial charge in [-0.05, 0) is 11.6 Å². The van der Waals surface area contributed by atoms with E-state index in [-0.39, 0.29) is 0 Å². The SMILES string of the molecule is O=Cc1c[nH]c(NCc2ccccc2)c1. The minimum atomic E-state index is 0.658. The second-order valence-corrected chi connectivity index (χ2v) is 3.30. The Balaban J connectivity index is 1.96. The van der Waals surface area contributed by atoms with Crippen LogP contribution >= 0.6 is 0 Å². The van der Waals surface area contributed by atoms with Gasteiger partial charge in [0, 0.05) is 18.3 Å². The van der Waals surface area contributed by atoms with E-state index in [0.717, 1.165) is 18.6 Å². The maximum atomic E-state index is 10.4. The Morgan fingerprint density at radius 2 is 2.07 bits per heavy atom. The maximum absolute atomic E-state index is 10.4. The number of anilines is 1. The molecule has 76 valence electrons. The van der Waals surface area contributed by atoms with Crippen molar-refractivity contribution in [3.05, 3.63) is 53.7 Å². The monoisotopic (exact) mass is 200 g/mol. The number of hydrogen-bond donors (Lipinski definition) is 2. The number of aromatic amines is 1. The van der Waals surface area contributed by atoms with Crippen molar-refractivity contribution >= 4 is 12.1 Å². The standard InChI is InChI=1S/C12H12N2O/c15-9-11-6-12(14-8-11)13-7-10-4-2-1-3-5-10/h1-6,8-9,13-14H,7H2. The van der Waals surface area contributed by atoms with Gasteiger partial charge in [-0.15, -0.1) is 0 Å². The number of aromatic nitrogens is 1. The predicted octanol–water partition coefficient (Wildman–Crippen LogP) is 2.44. The van der Waals surface area contributed by atoms with Gasteiger partial charge in [-0.1, -0.05) is 30.3 Å². The van der Waals surface area contributed by atoms with Crippen LogP contribution in [0.4, 0.5) is 5.82 Å². The van der Waals surface area contributed by atoms with Crippen molar-refractivity contribution in [2.24, 2.45) is 0 Å². The van der Waals surface area contributed by atoms with Gasteiger partial charge in [0.25, 0.3) is 0 Å². The molecule has 0 aliphatic rings. The lowest BCUT2D eigenvalue weighted by atomic mass is 10.2. The zero-order valence-corrected chi connectivity index (χ0v) is 8.23. The molecule has 1 heterocycles. The zero-order valence-electron chi connectivity index (χ0n) is 8.23. The number of rotatable bonds is 4. The largest absolute Gasteiger partial charge is 0.368 e. The lowest BCUT2D eigenvalue weighted by molar-refractivity contribution is 0.112. The van der Waals surface area contributed by atoms with Crippen LogP contribution in [0.1, 0.15) is 15.9 Å². The van der Waals surface area contributed by atoms with Gasteiger partial charge in [0.1, 0.15) is 5.82 Å². The highest BCUT2D eigenvalue weighted by Crippen LogP contribution is 2.08. The molecule has 3 nitrogen and oxygen atoms in total. The Kier molecular flexibility index (Phi) is 2.83. The summed E-state index contributed by atoms with van der Waals surface area (Å²) in [4.78, 5) is 13.4. The maximum Gasteiger partial charge on any atom is 0.151 e. The van der Waals surface area contributed by atoms with E-state index < -0.39 is 0 Å². The fourth-order valence-electron chi connectivity index (χ4n) is 1.37. The molecule has 0 saturated heterocycles. The highest BCUT2D eigenvalue weighted by atomic mass is 16.1. The van der Waals surface area contributed by atoms with E-state index in [1.165, 1.54) is 5.56 Å². The molecule has 15 heavy (non-hydrogen) atoms. The first-order chi connectivity index (χ1) is 7.38. The zero-order chi connectivity index (χ0) is 10.5. The second-order valence-electron chi connectivity index (χ2n) is 3.30. The Hall–Kier alpha value is -2.03. The van der Waals surface area contributed by atoms with Crippen LogP contribution in [-0.2, 0) is 6.54 Å². The van der Waals surface area contributed by atoms with Gasteiger partial charge in [-0.3, -0.25) is 4.79 Å². The topological polar surface area (TPSA) is 44.9 Å². The molecule has 0 bridgehead atoms. The predicted molar refractivity (Wildman–Crippen MR) is 59.9 cm³/mol.